The van der Waals surface area contributed by atoms with Crippen molar-refractivity contribution in [2.45, 2.75) is 6.92 Å². The number of amides is 1. The highest BCUT2D eigenvalue weighted by atomic mass is 32.1. The van der Waals surface area contributed by atoms with Crippen molar-refractivity contribution in [3.63, 3.8) is 0 Å². The molecule has 0 saturated heterocycles. The Morgan fingerprint density at radius 3 is 2.47 bits per heavy atom. The van der Waals surface area contributed by atoms with E-state index in [-0.39, 0.29) is 16.3 Å². The van der Waals surface area contributed by atoms with Crippen LogP contribution in [0.3, 0.4) is 0 Å². The summed E-state index contributed by atoms with van der Waals surface area (Å²) in [5.74, 6) is -0.922. The number of nitrogens with zero attached hydrogens (tertiary/aromatic N) is 5. The molecule has 1 amide bonds. The van der Waals surface area contributed by atoms with E-state index in [1.807, 2.05) is 19.1 Å². The molecule has 0 spiro atoms. The maximum absolute atomic E-state index is 13.6. The number of fused-ring (bicyclic) bond motifs is 2. The van der Waals surface area contributed by atoms with Crippen molar-refractivity contribution in [1.29, 1.82) is 0 Å². The molecular formula is C25H15N5O7S. The Hall–Kier alpha value is -5.30. The van der Waals surface area contributed by atoms with Gasteiger partial charge in [0, 0.05) is 12.1 Å². The molecule has 0 aliphatic rings. The van der Waals surface area contributed by atoms with E-state index in [1.54, 1.807) is 30.3 Å². The molecule has 3 aromatic carbocycles. The van der Waals surface area contributed by atoms with Gasteiger partial charge in [-0.25, -0.2) is 4.98 Å². The van der Waals surface area contributed by atoms with Crippen LogP contribution in [0.15, 0.2) is 81.2 Å². The average molecular weight is 529 g/mol. The molecule has 0 saturated carbocycles. The fourth-order valence-corrected chi connectivity index (χ4v) is 4.67. The topological polar surface area (TPSA) is 162 Å². The lowest BCUT2D eigenvalue weighted by Crippen LogP contribution is -2.26. The molecule has 0 atom stereocenters. The molecule has 12 nitrogen and oxygen atoms in total. The second-order valence-electron chi connectivity index (χ2n) is 8.10. The Kier molecular flexibility index (Phi) is 6.18. The predicted molar refractivity (Wildman–Crippen MR) is 141 cm³/mol. The molecule has 0 N–H and O–H groups in total. The number of anilines is 1. The van der Waals surface area contributed by atoms with Gasteiger partial charge in [0.1, 0.15) is 11.8 Å². The average Bonchev–Trinajstić information content (AvgIpc) is 3.32. The molecule has 0 aliphatic carbocycles. The molecule has 0 radical (unpaired) electrons. The van der Waals surface area contributed by atoms with Gasteiger partial charge in [-0.15, -0.1) is 0 Å². The summed E-state index contributed by atoms with van der Waals surface area (Å²) in [5, 5.41) is 28.2. The minimum absolute atomic E-state index is 0.0310. The molecule has 2 heterocycles. The third-order valence-electron chi connectivity index (χ3n) is 5.50. The molecule has 0 unspecified atom stereocenters. The standard InChI is InChI=1S/C25H15N5O7S/c1-14-6-7-20-22(8-14)38-25(27-20)28(24(32)15-9-17(29(33)34)11-18(10-15)30(35)36)26-12-16-13-37-21-5-3-2-4-19(21)23(16)31/h2-13H,1H3/b26-12+. The molecule has 188 valence electrons. The van der Waals surface area contributed by atoms with Crippen LogP contribution in [0.5, 0.6) is 0 Å². The Morgan fingerprint density at radius 2 is 1.76 bits per heavy atom. The first-order chi connectivity index (χ1) is 18.2. The van der Waals surface area contributed by atoms with E-state index in [2.05, 4.69) is 10.1 Å². The summed E-state index contributed by atoms with van der Waals surface area (Å²) >= 11 is 1.12. The van der Waals surface area contributed by atoms with Crippen LogP contribution in [0.4, 0.5) is 16.5 Å². The van der Waals surface area contributed by atoms with E-state index in [9.17, 15) is 29.8 Å². The maximum Gasteiger partial charge on any atom is 0.281 e. The lowest BCUT2D eigenvalue weighted by molar-refractivity contribution is -0.394. The maximum atomic E-state index is 13.6. The number of hydrazone groups is 1. The molecule has 0 aliphatic heterocycles. The van der Waals surface area contributed by atoms with Crippen LogP contribution in [-0.2, 0) is 0 Å². The minimum Gasteiger partial charge on any atom is -0.463 e. The molecule has 5 rings (SSSR count). The van der Waals surface area contributed by atoms with E-state index in [0.717, 1.165) is 51.0 Å². The van der Waals surface area contributed by atoms with Gasteiger partial charge in [-0.1, -0.05) is 29.5 Å². The fourth-order valence-electron chi connectivity index (χ4n) is 3.65. The first-order valence-corrected chi connectivity index (χ1v) is 11.7. The van der Waals surface area contributed by atoms with Crippen LogP contribution in [0.25, 0.3) is 21.2 Å². The van der Waals surface area contributed by atoms with Crippen molar-refractivity contribution in [3.05, 3.63) is 114 Å². The van der Waals surface area contributed by atoms with Gasteiger partial charge >= 0.3 is 0 Å². The number of nitro groups is 2. The second-order valence-corrected chi connectivity index (χ2v) is 9.11. The molecule has 13 heteroatoms. The zero-order valence-corrected chi connectivity index (χ0v) is 20.2. The lowest BCUT2D eigenvalue weighted by Gasteiger charge is -2.13. The highest BCUT2D eigenvalue weighted by Gasteiger charge is 2.26. The van der Waals surface area contributed by atoms with Crippen LogP contribution in [0, 0.1) is 27.2 Å². The molecule has 0 bridgehead atoms. The highest BCUT2D eigenvalue weighted by Crippen LogP contribution is 2.32. The van der Waals surface area contributed by atoms with Crippen molar-refractivity contribution in [3.8, 4) is 0 Å². The van der Waals surface area contributed by atoms with Gasteiger partial charge in [0.2, 0.25) is 10.6 Å². The van der Waals surface area contributed by atoms with Crippen LogP contribution in [-0.4, -0.2) is 27.0 Å². The second kappa shape index (κ2) is 9.63. The first-order valence-electron chi connectivity index (χ1n) is 10.9. The molecule has 2 aromatic heterocycles. The molecule has 5 aromatic rings. The first kappa shape index (κ1) is 24.4. The smallest absolute Gasteiger partial charge is 0.281 e. The van der Waals surface area contributed by atoms with E-state index in [1.165, 1.54) is 6.26 Å². The van der Waals surface area contributed by atoms with Gasteiger partial charge in [0.15, 0.2) is 0 Å². The van der Waals surface area contributed by atoms with Gasteiger partial charge in [-0.3, -0.25) is 29.8 Å². The Bertz CT molecular complexity index is 1830. The Balaban J connectivity index is 1.65. The highest BCUT2D eigenvalue weighted by molar-refractivity contribution is 7.22. The molecular weight excluding hydrogens is 514 g/mol. The number of carbonyl (C=O) groups is 1. The number of hydrogen-bond acceptors (Lipinski definition) is 10. The summed E-state index contributed by atoms with van der Waals surface area (Å²) in [7, 11) is 0. The molecule has 0 fully saturated rings. The summed E-state index contributed by atoms with van der Waals surface area (Å²) in [6.45, 7) is 1.89. The van der Waals surface area contributed by atoms with Crippen molar-refractivity contribution in [1.82, 2.24) is 4.98 Å². The quantitative estimate of drug-likeness (QED) is 0.164. The van der Waals surface area contributed by atoms with Gasteiger partial charge in [0.05, 0.1) is 48.9 Å². The summed E-state index contributed by atoms with van der Waals surface area (Å²) in [5.41, 5.74) is -0.103. The van der Waals surface area contributed by atoms with Crippen LogP contribution in [0.2, 0.25) is 0 Å². The zero-order valence-electron chi connectivity index (χ0n) is 19.4. The normalized spacial score (nSPS) is 11.3. The van der Waals surface area contributed by atoms with Crippen LogP contribution < -0.4 is 10.4 Å². The number of aromatic nitrogens is 1. The van der Waals surface area contributed by atoms with Crippen molar-refractivity contribution < 1.29 is 19.1 Å². The van der Waals surface area contributed by atoms with Crippen molar-refractivity contribution >= 4 is 61.2 Å². The van der Waals surface area contributed by atoms with E-state index in [4.69, 9.17) is 4.42 Å². The molecule has 38 heavy (non-hydrogen) atoms. The summed E-state index contributed by atoms with van der Waals surface area (Å²) in [6, 6.07) is 14.6. The van der Waals surface area contributed by atoms with Gasteiger partial charge in [0.25, 0.3) is 17.3 Å². The number of rotatable bonds is 6. The number of para-hydroxylation sites is 1. The monoisotopic (exact) mass is 529 g/mol. The summed E-state index contributed by atoms with van der Waals surface area (Å²) < 4.78 is 6.23. The van der Waals surface area contributed by atoms with Crippen LogP contribution in [0.1, 0.15) is 21.5 Å². The summed E-state index contributed by atoms with van der Waals surface area (Å²) in [4.78, 5) is 52.0. The Labute approximate surface area is 216 Å². The summed E-state index contributed by atoms with van der Waals surface area (Å²) in [6.07, 6.45) is 2.30. The van der Waals surface area contributed by atoms with Gasteiger partial charge < -0.3 is 4.42 Å². The fraction of sp³-hybridized carbons (Fsp3) is 0.0400. The van der Waals surface area contributed by atoms with E-state index >= 15 is 0 Å². The largest absolute Gasteiger partial charge is 0.463 e. The third kappa shape index (κ3) is 4.60. The number of non-ortho nitro benzene ring substituents is 2. The SMILES string of the molecule is Cc1ccc2nc(N(/N=C/c3coc4ccccc4c3=O)C(=O)c3cc([N+](=O)[O-])cc([N+](=O)[O-])c3)sc2c1. The van der Waals surface area contributed by atoms with Gasteiger partial charge in [-0.2, -0.15) is 10.1 Å². The number of thiazole rings is 1. The number of aryl methyl sites for hydroxylation is 1. The van der Waals surface area contributed by atoms with Gasteiger partial charge in [-0.05, 0) is 36.8 Å². The zero-order chi connectivity index (χ0) is 27.0. The van der Waals surface area contributed by atoms with Crippen LogP contribution >= 0.6 is 11.3 Å². The van der Waals surface area contributed by atoms with Crippen molar-refractivity contribution in [2.75, 3.05) is 5.01 Å². The number of hydrogen-bond donors (Lipinski definition) is 0. The van der Waals surface area contributed by atoms with E-state index < -0.39 is 32.6 Å². The lowest BCUT2D eigenvalue weighted by atomic mass is 10.1. The van der Waals surface area contributed by atoms with Crippen molar-refractivity contribution in [2.24, 2.45) is 5.10 Å². The number of carbonyl (C=O) groups excluding carboxylic acids is 1. The minimum atomic E-state index is -0.922. The Morgan fingerprint density at radius 1 is 1.05 bits per heavy atom. The van der Waals surface area contributed by atoms with E-state index in [0.29, 0.717) is 16.5 Å². The number of nitro benzene ring substituents is 2. The predicted octanol–water partition coefficient (Wildman–Crippen LogP) is 5.21. The number of benzene rings is 3. The third-order valence-corrected chi connectivity index (χ3v) is 6.49.